The number of amides is 1. The highest BCUT2D eigenvalue weighted by Crippen LogP contribution is 2.52. The zero-order valence-electron chi connectivity index (χ0n) is 26.5. The van der Waals surface area contributed by atoms with Crippen molar-refractivity contribution in [2.24, 2.45) is 7.05 Å². The largest absolute Gasteiger partial charge is 0.462 e. The Morgan fingerprint density at radius 3 is 2.38 bits per heavy atom. The molecule has 4 atom stereocenters. The first-order valence-corrected chi connectivity index (χ1v) is 18.5. The van der Waals surface area contributed by atoms with Crippen molar-refractivity contribution in [1.82, 2.24) is 14.5 Å². The van der Waals surface area contributed by atoms with Gasteiger partial charge in [0.1, 0.15) is 12.2 Å². The topological polar surface area (TPSA) is 170 Å². The minimum Gasteiger partial charge on any atom is -0.462 e. The van der Waals surface area contributed by atoms with Gasteiger partial charge in [-0.15, -0.1) is 0 Å². The minimum atomic E-state index is -4.51. The van der Waals surface area contributed by atoms with Crippen molar-refractivity contribution in [2.75, 3.05) is 13.7 Å². The maximum atomic E-state index is 13.5. The molecule has 1 aromatic heterocycles. The lowest BCUT2D eigenvalue weighted by Gasteiger charge is -2.43. The van der Waals surface area contributed by atoms with E-state index in [-0.39, 0.29) is 24.5 Å². The lowest BCUT2D eigenvalue weighted by Crippen LogP contribution is -2.60. The maximum Gasteiger partial charge on any atom is 0.396 e. The lowest BCUT2D eigenvalue weighted by molar-refractivity contribution is -0.152. The number of benzene rings is 1. The Bertz CT molecular complexity index is 1730. The molecule has 1 saturated heterocycles. The number of carbonyl (C=O) groups excluding carboxylic acids is 2. The Kier molecular flexibility index (Phi) is 9.50. The van der Waals surface area contributed by atoms with Gasteiger partial charge in [0.2, 0.25) is 0 Å². The smallest absolute Gasteiger partial charge is 0.396 e. The molecule has 2 aliphatic heterocycles. The Balaban J connectivity index is 1.94. The van der Waals surface area contributed by atoms with Gasteiger partial charge in [-0.1, -0.05) is 51.1 Å². The van der Waals surface area contributed by atoms with Crippen LogP contribution in [-0.4, -0.2) is 69.3 Å². The summed E-state index contributed by atoms with van der Waals surface area (Å²) >= 11 is 0. The fourth-order valence-corrected chi connectivity index (χ4v) is 7.49. The van der Waals surface area contributed by atoms with Crippen LogP contribution in [0.2, 0.25) is 18.1 Å². The zero-order valence-corrected chi connectivity index (χ0v) is 28.3. The van der Waals surface area contributed by atoms with E-state index in [2.05, 4.69) is 10.1 Å². The fourth-order valence-electron chi connectivity index (χ4n) is 4.95. The van der Waals surface area contributed by atoms with Crippen molar-refractivity contribution in [2.45, 2.75) is 76.5 Å². The van der Waals surface area contributed by atoms with Crippen LogP contribution in [0.4, 0.5) is 0 Å². The zero-order chi connectivity index (χ0) is 33.5. The van der Waals surface area contributed by atoms with Crippen LogP contribution in [0.15, 0.2) is 57.2 Å². The molecule has 2 aliphatic rings. The number of nitrogens with one attached hydrogen (secondary N) is 1. The van der Waals surface area contributed by atoms with Gasteiger partial charge >= 0.3 is 17.6 Å². The van der Waals surface area contributed by atoms with E-state index in [4.69, 9.17) is 18.1 Å². The molecule has 0 unspecified atom stereocenters. The Hall–Kier alpha value is -3.41. The van der Waals surface area contributed by atoms with E-state index in [0.717, 1.165) is 21.8 Å². The summed E-state index contributed by atoms with van der Waals surface area (Å²) in [4.78, 5) is 51.1. The molecule has 14 nitrogen and oxygen atoms in total. The molecule has 4 rings (SSSR count). The van der Waals surface area contributed by atoms with Gasteiger partial charge in [0.25, 0.3) is 15.7 Å². The molecule has 1 amide bonds. The molecule has 1 N–H and O–H groups in total. The first-order chi connectivity index (χ1) is 20.8. The van der Waals surface area contributed by atoms with Crippen LogP contribution < -0.4 is 16.6 Å². The number of carbonyl (C=O) groups is 2. The van der Waals surface area contributed by atoms with Gasteiger partial charge in [-0.2, -0.15) is 8.42 Å². The third-order valence-corrected chi connectivity index (χ3v) is 13.9. The molecule has 2 aromatic rings. The van der Waals surface area contributed by atoms with Gasteiger partial charge in [-0.25, -0.2) is 13.8 Å². The van der Waals surface area contributed by atoms with Gasteiger partial charge in [0.15, 0.2) is 20.1 Å². The quantitative estimate of drug-likeness (QED) is 0.188. The van der Waals surface area contributed by atoms with Gasteiger partial charge < -0.3 is 24.0 Å². The van der Waals surface area contributed by atoms with E-state index in [0.29, 0.717) is 5.41 Å². The number of rotatable bonds is 8. The second-order valence-corrected chi connectivity index (χ2v) is 18.7. The van der Waals surface area contributed by atoms with Crippen molar-refractivity contribution in [1.29, 1.82) is 0 Å². The fraction of sp³-hybridized carbons (Fsp3) is 0.517. The normalized spacial score (nSPS) is 24.4. The SMILES string of the molecule is COC(=O)C(=O)NC1=CS(=O)(=O)O[C@@]12[C@@H](COCc1ccccc1)O[C@@H](n1cc(C)c(=O)n(C)c1=O)[C@@H]2O[Si](C)(C)C(C)(C)C. The predicted molar refractivity (Wildman–Crippen MR) is 164 cm³/mol. The highest BCUT2D eigenvalue weighted by molar-refractivity contribution is 7.90. The first kappa shape index (κ1) is 34.5. The summed E-state index contributed by atoms with van der Waals surface area (Å²) in [5, 5.41) is 2.58. The van der Waals surface area contributed by atoms with Crippen molar-refractivity contribution in [3.05, 3.63) is 79.6 Å². The second-order valence-electron chi connectivity index (χ2n) is 12.5. The summed E-state index contributed by atoms with van der Waals surface area (Å²) in [6.07, 6.45) is -2.78. The number of aryl methyl sites for hydroxylation is 1. The highest BCUT2D eigenvalue weighted by atomic mass is 32.2. The van der Waals surface area contributed by atoms with E-state index < -0.39 is 70.6 Å². The molecule has 1 spiro atoms. The number of ether oxygens (including phenoxy) is 3. The van der Waals surface area contributed by atoms with Crippen molar-refractivity contribution >= 4 is 30.3 Å². The Morgan fingerprint density at radius 1 is 1.13 bits per heavy atom. The van der Waals surface area contributed by atoms with Gasteiger partial charge in [0, 0.05) is 18.8 Å². The summed E-state index contributed by atoms with van der Waals surface area (Å²) in [6.45, 7) is 11.0. The molecule has 45 heavy (non-hydrogen) atoms. The number of hydrogen-bond donors (Lipinski definition) is 1. The number of nitrogens with zero attached hydrogens (tertiary/aromatic N) is 2. The van der Waals surface area contributed by atoms with Crippen LogP contribution in [0.1, 0.15) is 38.1 Å². The van der Waals surface area contributed by atoms with Crippen LogP contribution in [0, 0.1) is 6.92 Å². The first-order valence-electron chi connectivity index (χ1n) is 14.2. The average molecular weight is 666 g/mol. The van der Waals surface area contributed by atoms with Gasteiger partial charge in [-0.05, 0) is 30.6 Å². The van der Waals surface area contributed by atoms with Crippen molar-refractivity contribution in [3.8, 4) is 0 Å². The summed E-state index contributed by atoms with van der Waals surface area (Å²) in [5.41, 5.74) is -2.76. The Labute approximate surface area is 262 Å². The van der Waals surface area contributed by atoms with Crippen LogP contribution >= 0.6 is 0 Å². The molecular weight excluding hydrogens is 626 g/mol. The predicted octanol–water partition coefficient (Wildman–Crippen LogP) is 1.59. The van der Waals surface area contributed by atoms with Gasteiger partial charge in [0.05, 0.1) is 31.4 Å². The van der Waals surface area contributed by atoms with Crippen LogP contribution in [-0.2, 0) is 56.2 Å². The molecule has 0 bridgehead atoms. The van der Waals surface area contributed by atoms with Crippen molar-refractivity contribution in [3.63, 3.8) is 0 Å². The molecule has 3 heterocycles. The number of methoxy groups -OCH3 is 1. The molecule has 1 fully saturated rings. The molecular formula is C29H39N3O11SSi. The van der Waals surface area contributed by atoms with E-state index >= 15 is 0 Å². The minimum absolute atomic E-state index is 0.106. The third kappa shape index (κ3) is 6.61. The summed E-state index contributed by atoms with van der Waals surface area (Å²) in [7, 11) is -5.06. The van der Waals surface area contributed by atoms with Crippen LogP contribution in [0.5, 0.6) is 0 Å². The molecule has 246 valence electrons. The average Bonchev–Trinajstić information content (AvgIpc) is 3.40. The number of hydrogen-bond acceptors (Lipinski definition) is 11. The third-order valence-electron chi connectivity index (χ3n) is 8.39. The summed E-state index contributed by atoms with van der Waals surface area (Å²) in [6, 6.07) is 9.17. The standard InChI is InChI=1S/C29H39N3O11SSi/c1-18-14-32(27(36)31(5)24(18)34)25-22(42-45(7,8)28(2,3)4)29(21(41-25)16-40-15-19-12-10-9-11-13-19)20(17-44(37,38)43-29)30-23(33)26(35)39-6/h9-14,17,21-22,25H,15-16H2,1-8H3,(H,30,33)/t21-,22+,25-,29-/m1/s1. The van der Waals surface area contributed by atoms with E-state index in [1.165, 1.54) is 20.2 Å². The second kappa shape index (κ2) is 12.4. The van der Waals surface area contributed by atoms with E-state index in [1.807, 2.05) is 64.2 Å². The number of aromatic nitrogens is 2. The molecule has 1 aromatic carbocycles. The summed E-state index contributed by atoms with van der Waals surface area (Å²) < 4.78 is 58.1. The monoisotopic (exact) mass is 665 g/mol. The summed E-state index contributed by atoms with van der Waals surface area (Å²) in [5.74, 6) is -2.55. The molecule has 0 radical (unpaired) electrons. The lowest BCUT2D eigenvalue weighted by atomic mass is 9.89. The maximum absolute atomic E-state index is 13.5. The van der Waals surface area contributed by atoms with Crippen LogP contribution in [0.25, 0.3) is 0 Å². The highest BCUT2D eigenvalue weighted by Gasteiger charge is 2.68. The molecule has 0 saturated carbocycles. The Morgan fingerprint density at radius 2 is 1.78 bits per heavy atom. The van der Waals surface area contributed by atoms with Crippen molar-refractivity contribution < 1.29 is 40.8 Å². The molecule has 16 heteroatoms. The van der Waals surface area contributed by atoms with Gasteiger partial charge in [-0.3, -0.25) is 18.7 Å². The van der Waals surface area contributed by atoms with Crippen LogP contribution in [0.3, 0.4) is 0 Å². The van der Waals surface area contributed by atoms with E-state index in [9.17, 15) is 27.6 Å². The number of esters is 1. The molecule has 0 aliphatic carbocycles. The van der Waals surface area contributed by atoms with E-state index in [1.54, 1.807) is 0 Å².